The third-order valence-corrected chi connectivity index (χ3v) is 8.05. The molecule has 0 saturated heterocycles. The normalized spacial score (nSPS) is 15.6. The number of nitrogens with one attached hydrogen (secondary N) is 1. The maximum atomic E-state index is 13.8. The van der Waals surface area contributed by atoms with E-state index in [0.29, 0.717) is 40.9 Å². The van der Waals surface area contributed by atoms with Crippen molar-refractivity contribution in [1.29, 1.82) is 0 Å². The van der Waals surface area contributed by atoms with Gasteiger partial charge in [-0.1, -0.05) is 36.4 Å². The van der Waals surface area contributed by atoms with E-state index in [4.69, 9.17) is 4.74 Å². The molecule has 1 N–H and O–H groups in total. The molecule has 1 amide bonds. The van der Waals surface area contributed by atoms with Crippen molar-refractivity contribution in [2.75, 3.05) is 19.7 Å². The first-order chi connectivity index (χ1) is 19.7. The molecular weight excluding hydrogens is 600 g/mol. The molecule has 5 rings (SSSR count). The summed E-state index contributed by atoms with van der Waals surface area (Å²) in [6, 6.07) is 17.8. The minimum absolute atomic E-state index is 0.0466. The summed E-state index contributed by atoms with van der Waals surface area (Å²) >= 11 is 3.37. The third kappa shape index (κ3) is 7.57. The van der Waals surface area contributed by atoms with Crippen LogP contribution in [-0.2, 0) is 23.9 Å². The zero-order valence-electron chi connectivity index (χ0n) is 22.4. The van der Waals surface area contributed by atoms with E-state index in [1.54, 1.807) is 17.0 Å². The Morgan fingerprint density at radius 1 is 1.02 bits per heavy atom. The van der Waals surface area contributed by atoms with Gasteiger partial charge in [-0.25, -0.2) is 4.39 Å². The smallest absolute Gasteiger partial charge is 0.416 e. The van der Waals surface area contributed by atoms with Crippen molar-refractivity contribution >= 4 is 27.4 Å². The molecule has 0 radical (unpaired) electrons. The van der Waals surface area contributed by atoms with Gasteiger partial charge in [0, 0.05) is 30.8 Å². The van der Waals surface area contributed by atoms with Gasteiger partial charge in [0.15, 0.2) is 0 Å². The van der Waals surface area contributed by atoms with Gasteiger partial charge >= 0.3 is 6.18 Å². The summed E-state index contributed by atoms with van der Waals surface area (Å²) in [7, 11) is 0. The predicted molar refractivity (Wildman–Crippen MR) is 154 cm³/mol. The van der Waals surface area contributed by atoms with E-state index in [1.807, 2.05) is 24.3 Å². The second kappa shape index (κ2) is 12.8. The highest BCUT2D eigenvalue weighted by Gasteiger charge is 2.36. The highest BCUT2D eigenvalue weighted by Crippen LogP contribution is 2.34. The summed E-state index contributed by atoms with van der Waals surface area (Å²) in [5.41, 5.74) is 3.54. The molecule has 0 unspecified atom stereocenters. The Kier molecular flexibility index (Phi) is 9.14. The molecule has 1 saturated carbocycles. The van der Waals surface area contributed by atoms with Crippen molar-refractivity contribution < 1.29 is 27.1 Å². The van der Waals surface area contributed by atoms with E-state index < -0.39 is 11.7 Å². The van der Waals surface area contributed by atoms with E-state index in [9.17, 15) is 22.4 Å². The van der Waals surface area contributed by atoms with Crippen LogP contribution in [0.1, 0.15) is 47.9 Å². The largest absolute Gasteiger partial charge is 0.492 e. The maximum Gasteiger partial charge on any atom is 0.416 e. The van der Waals surface area contributed by atoms with Gasteiger partial charge < -0.3 is 15.0 Å². The van der Waals surface area contributed by atoms with Crippen LogP contribution in [0, 0.1) is 5.82 Å². The van der Waals surface area contributed by atoms with Crippen LogP contribution in [0.5, 0.6) is 5.75 Å². The van der Waals surface area contributed by atoms with Gasteiger partial charge in [0.25, 0.3) is 5.91 Å². The molecule has 0 spiro atoms. The molecule has 9 heteroatoms. The molecule has 1 fully saturated rings. The van der Waals surface area contributed by atoms with Crippen LogP contribution in [0.15, 0.2) is 76.8 Å². The highest BCUT2D eigenvalue weighted by atomic mass is 79.9. The molecule has 216 valence electrons. The Bertz CT molecular complexity index is 1420. The van der Waals surface area contributed by atoms with Crippen LogP contribution in [0.2, 0.25) is 0 Å². The van der Waals surface area contributed by atoms with Crippen LogP contribution in [0.3, 0.4) is 0 Å². The first-order valence-corrected chi connectivity index (χ1v) is 14.6. The quantitative estimate of drug-likeness (QED) is 0.186. The summed E-state index contributed by atoms with van der Waals surface area (Å²) in [6.45, 7) is 1.77. The zero-order valence-corrected chi connectivity index (χ0v) is 24.0. The number of hydrogen-bond donors (Lipinski definition) is 1. The van der Waals surface area contributed by atoms with Crippen molar-refractivity contribution in [3.05, 3.63) is 105 Å². The lowest BCUT2D eigenvalue weighted by Crippen LogP contribution is -2.39. The number of carbonyl (C=O) groups is 1. The maximum absolute atomic E-state index is 13.8. The Balaban J connectivity index is 1.26. The number of carbonyl (C=O) groups excluding carboxylic acids is 1. The number of rotatable bonds is 10. The van der Waals surface area contributed by atoms with Gasteiger partial charge in [0.1, 0.15) is 11.6 Å². The van der Waals surface area contributed by atoms with Crippen LogP contribution in [-0.4, -0.2) is 36.5 Å². The van der Waals surface area contributed by atoms with Crippen molar-refractivity contribution in [3.8, 4) is 5.75 Å². The molecule has 1 heterocycles. The van der Waals surface area contributed by atoms with Crippen molar-refractivity contribution in [2.24, 2.45) is 0 Å². The number of ether oxygens (including phenoxy) is 1. The minimum Gasteiger partial charge on any atom is -0.492 e. The summed E-state index contributed by atoms with van der Waals surface area (Å²) < 4.78 is 59.7. The third-order valence-electron chi connectivity index (χ3n) is 7.39. The minimum atomic E-state index is -4.43. The van der Waals surface area contributed by atoms with E-state index in [0.717, 1.165) is 61.1 Å². The molecule has 41 heavy (non-hydrogen) atoms. The Morgan fingerprint density at radius 3 is 2.54 bits per heavy atom. The Morgan fingerprint density at radius 2 is 1.80 bits per heavy atom. The van der Waals surface area contributed by atoms with Gasteiger partial charge in [0.05, 0.1) is 16.6 Å². The summed E-state index contributed by atoms with van der Waals surface area (Å²) in [5, 5.41) is 3.29. The molecule has 1 aliphatic carbocycles. The Labute approximate surface area is 245 Å². The van der Waals surface area contributed by atoms with Crippen LogP contribution >= 0.6 is 15.9 Å². The molecule has 0 aromatic heterocycles. The van der Waals surface area contributed by atoms with Crippen molar-refractivity contribution in [3.63, 3.8) is 0 Å². The summed E-state index contributed by atoms with van der Waals surface area (Å²) in [4.78, 5) is 15.6. The number of aryl methyl sites for hydroxylation is 1. The van der Waals surface area contributed by atoms with E-state index in [2.05, 4.69) is 21.2 Å². The Hall–Kier alpha value is -3.17. The summed E-state index contributed by atoms with van der Waals surface area (Å²) in [5.74, 6) is 0.0142. The fourth-order valence-electron chi connectivity index (χ4n) is 5.10. The number of benzene rings is 3. The summed E-state index contributed by atoms with van der Waals surface area (Å²) in [6.07, 6.45) is -0.481. The monoisotopic (exact) mass is 630 g/mol. The van der Waals surface area contributed by atoms with Crippen molar-refractivity contribution in [2.45, 2.75) is 50.9 Å². The molecule has 1 aliphatic heterocycles. The second-order valence-electron chi connectivity index (χ2n) is 10.5. The molecule has 0 atom stereocenters. The van der Waals surface area contributed by atoms with E-state index in [-0.39, 0.29) is 24.3 Å². The lowest BCUT2D eigenvalue weighted by molar-refractivity contribution is -0.137. The van der Waals surface area contributed by atoms with Crippen LogP contribution < -0.4 is 10.1 Å². The fraction of sp³-hybridized carbons (Fsp3) is 0.344. The van der Waals surface area contributed by atoms with E-state index in [1.165, 1.54) is 18.2 Å². The number of amides is 1. The highest BCUT2D eigenvalue weighted by molar-refractivity contribution is 9.10. The van der Waals surface area contributed by atoms with Gasteiger partial charge in [-0.15, -0.1) is 0 Å². The average molecular weight is 632 g/mol. The number of alkyl halides is 3. The SMILES string of the molecule is O=C(C1=C(c2ccc(CCCOc3cc(F)ccc3Br)cc2)CCNC1)N(Cc1cccc(C(F)(F)F)c1)C1CC1. The standard InChI is InChI=1S/C32H31BrF4N2O2/c33-29-13-10-25(34)18-30(29)41-16-2-4-21-6-8-23(9-7-21)27-14-15-38-19-28(27)31(40)39(26-11-12-26)20-22-3-1-5-24(17-22)32(35,36)37/h1,3,5-10,13,17-18,26,38H,2,4,11-12,14-16,19-20H2. The van der Waals surface area contributed by atoms with Gasteiger partial charge in [0.2, 0.25) is 0 Å². The molecule has 3 aromatic carbocycles. The zero-order chi connectivity index (χ0) is 29.0. The fourth-order valence-corrected chi connectivity index (χ4v) is 5.46. The van der Waals surface area contributed by atoms with Gasteiger partial charge in [-0.2, -0.15) is 13.2 Å². The molecular formula is C32H31BrF4N2O2. The topological polar surface area (TPSA) is 41.6 Å². The van der Waals surface area contributed by atoms with E-state index >= 15 is 0 Å². The number of nitrogens with zero attached hydrogens (tertiary/aromatic N) is 1. The van der Waals surface area contributed by atoms with Crippen molar-refractivity contribution in [1.82, 2.24) is 10.2 Å². The van der Waals surface area contributed by atoms with Crippen LogP contribution in [0.4, 0.5) is 17.6 Å². The average Bonchev–Trinajstić information content (AvgIpc) is 3.81. The predicted octanol–water partition coefficient (Wildman–Crippen LogP) is 7.56. The number of hydrogen-bond acceptors (Lipinski definition) is 3. The van der Waals surface area contributed by atoms with Crippen LogP contribution in [0.25, 0.3) is 5.57 Å². The van der Waals surface area contributed by atoms with Gasteiger partial charge in [-0.05, 0) is 101 Å². The second-order valence-corrected chi connectivity index (χ2v) is 11.3. The lowest BCUT2D eigenvalue weighted by Gasteiger charge is -2.28. The first kappa shape index (κ1) is 29.3. The first-order valence-electron chi connectivity index (χ1n) is 13.8. The number of halogens is 5. The molecule has 4 nitrogen and oxygen atoms in total. The lowest BCUT2D eigenvalue weighted by atomic mass is 9.92. The molecule has 2 aliphatic rings. The van der Waals surface area contributed by atoms with Gasteiger partial charge in [-0.3, -0.25) is 4.79 Å². The molecule has 0 bridgehead atoms. The molecule has 3 aromatic rings.